The Hall–Kier alpha value is -2.51. The normalized spacial score (nSPS) is 16.6. The van der Waals surface area contributed by atoms with Gasteiger partial charge in [-0.15, -0.1) is 0 Å². The standard InChI is InChI=1S/C20H19FN2O3S/c21-14-5-3-6-15(11-14)26-13-19(24)23(12-16-7-4-10-25-16)20-22-17-8-1-2-9-18(17)27-20/h1-3,5-6,8-9,11,16H,4,7,10,12-13H2. The lowest BCUT2D eigenvalue weighted by atomic mass is 10.2. The fourth-order valence-electron chi connectivity index (χ4n) is 3.03. The molecule has 0 spiro atoms. The van der Waals surface area contributed by atoms with Gasteiger partial charge in [-0.05, 0) is 37.1 Å². The second-order valence-corrected chi connectivity index (χ2v) is 7.36. The summed E-state index contributed by atoms with van der Waals surface area (Å²) in [6.45, 7) is 0.962. The smallest absolute Gasteiger partial charge is 0.266 e. The molecule has 1 aliphatic heterocycles. The summed E-state index contributed by atoms with van der Waals surface area (Å²) in [5, 5.41) is 0.625. The number of carbonyl (C=O) groups excluding carboxylic acids is 1. The highest BCUT2D eigenvalue weighted by Gasteiger charge is 2.26. The number of benzene rings is 2. The van der Waals surface area contributed by atoms with E-state index in [1.807, 2.05) is 24.3 Å². The third-order valence-electron chi connectivity index (χ3n) is 4.38. The van der Waals surface area contributed by atoms with E-state index >= 15 is 0 Å². The van der Waals surface area contributed by atoms with Gasteiger partial charge in [0.1, 0.15) is 11.6 Å². The van der Waals surface area contributed by atoms with Gasteiger partial charge in [0.25, 0.3) is 5.91 Å². The van der Waals surface area contributed by atoms with Crippen LogP contribution in [0.4, 0.5) is 9.52 Å². The van der Waals surface area contributed by atoms with Crippen LogP contribution >= 0.6 is 11.3 Å². The summed E-state index contributed by atoms with van der Waals surface area (Å²) >= 11 is 1.46. The highest BCUT2D eigenvalue weighted by Crippen LogP contribution is 2.30. The van der Waals surface area contributed by atoms with E-state index in [0.717, 1.165) is 23.1 Å². The summed E-state index contributed by atoms with van der Waals surface area (Å²) in [6.07, 6.45) is 1.90. The molecule has 5 nitrogen and oxygen atoms in total. The zero-order chi connectivity index (χ0) is 18.6. The van der Waals surface area contributed by atoms with Gasteiger partial charge in [0.15, 0.2) is 11.7 Å². The molecule has 2 heterocycles. The number of halogens is 1. The highest BCUT2D eigenvalue weighted by atomic mass is 32.1. The van der Waals surface area contributed by atoms with Crippen LogP contribution in [-0.2, 0) is 9.53 Å². The maximum Gasteiger partial charge on any atom is 0.266 e. The number of aromatic nitrogens is 1. The number of anilines is 1. The maximum atomic E-state index is 13.3. The van der Waals surface area contributed by atoms with Crippen molar-refractivity contribution in [2.75, 3.05) is 24.7 Å². The fraction of sp³-hybridized carbons (Fsp3) is 0.300. The molecule has 0 saturated carbocycles. The van der Waals surface area contributed by atoms with Crippen molar-refractivity contribution in [3.63, 3.8) is 0 Å². The minimum atomic E-state index is -0.401. The van der Waals surface area contributed by atoms with Crippen LogP contribution in [0.1, 0.15) is 12.8 Å². The first kappa shape index (κ1) is 17.9. The Bertz CT molecular complexity index is 907. The predicted octanol–water partition coefficient (Wildman–Crippen LogP) is 4.03. The van der Waals surface area contributed by atoms with Gasteiger partial charge in [-0.1, -0.05) is 29.5 Å². The summed E-state index contributed by atoms with van der Waals surface area (Å²) < 4.78 is 25.5. The number of fused-ring (bicyclic) bond motifs is 1. The minimum absolute atomic E-state index is 0.00451. The molecule has 140 valence electrons. The molecular weight excluding hydrogens is 367 g/mol. The van der Waals surface area contributed by atoms with Gasteiger partial charge in [-0.3, -0.25) is 9.69 Å². The molecular formula is C20H19FN2O3S. The second kappa shape index (κ2) is 8.02. The first-order valence-corrected chi connectivity index (χ1v) is 9.66. The average molecular weight is 386 g/mol. The number of hydrogen-bond acceptors (Lipinski definition) is 5. The van der Waals surface area contributed by atoms with E-state index < -0.39 is 5.82 Å². The van der Waals surface area contributed by atoms with Crippen LogP contribution < -0.4 is 9.64 Å². The molecule has 0 bridgehead atoms. The van der Waals surface area contributed by atoms with E-state index in [-0.39, 0.29) is 18.6 Å². The van der Waals surface area contributed by atoms with Gasteiger partial charge in [-0.2, -0.15) is 0 Å². The number of carbonyl (C=O) groups is 1. The number of nitrogens with zero attached hydrogens (tertiary/aromatic N) is 2. The van der Waals surface area contributed by atoms with Crippen molar-refractivity contribution in [1.82, 2.24) is 4.98 Å². The van der Waals surface area contributed by atoms with Gasteiger partial charge in [0, 0.05) is 12.7 Å². The third kappa shape index (κ3) is 4.26. The molecule has 0 aliphatic carbocycles. The highest BCUT2D eigenvalue weighted by molar-refractivity contribution is 7.22. The maximum absolute atomic E-state index is 13.3. The van der Waals surface area contributed by atoms with Crippen molar-refractivity contribution in [1.29, 1.82) is 0 Å². The van der Waals surface area contributed by atoms with E-state index in [9.17, 15) is 9.18 Å². The molecule has 1 amide bonds. The number of thiazole rings is 1. The van der Waals surface area contributed by atoms with Crippen molar-refractivity contribution in [2.24, 2.45) is 0 Å². The Labute approximate surface area is 160 Å². The molecule has 7 heteroatoms. The molecule has 4 rings (SSSR count). The van der Waals surface area contributed by atoms with E-state index in [2.05, 4.69) is 4.98 Å². The van der Waals surface area contributed by atoms with Crippen molar-refractivity contribution in [3.8, 4) is 5.75 Å². The zero-order valence-corrected chi connectivity index (χ0v) is 15.5. The molecule has 2 aromatic carbocycles. The average Bonchev–Trinajstić information content (AvgIpc) is 3.33. The number of amides is 1. The summed E-state index contributed by atoms with van der Waals surface area (Å²) in [7, 11) is 0. The Kier molecular flexibility index (Phi) is 5.31. The SMILES string of the molecule is O=C(COc1cccc(F)c1)N(CC1CCCO1)c1nc2ccccc2s1. The van der Waals surface area contributed by atoms with Crippen LogP contribution in [-0.4, -0.2) is 36.8 Å². The first-order valence-electron chi connectivity index (χ1n) is 8.85. The lowest BCUT2D eigenvalue weighted by molar-refractivity contribution is -0.120. The molecule has 0 N–H and O–H groups in total. The molecule has 27 heavy (non-hydrogen) atoms. The monoisotopic (exact) mass is 386 g/mol. The topological polar surface area (TPSA) is 51.7 Å². The largest absolute Gasteiger partial charge is 0.484 e. The summed E-state index contributed by atoms with van der Waals surface area (Å²) in [6, 6.07) is 13.5. The number of ether oxygens (including phenoxy) is 2. The Morgan fingerprint density at radius 1 is 1.30 bits per heavy atom. The van der Waals surface area contributed by atoms with Gasteiger partial charge in [0.05, 0.1) is 22.9 Å². The van der Waals surface area contributed by atoms with Crippen LogP contribution in [0.2, 0.25) is 0 Å². The molecule has 0 radical (unpaired) electrons. The summed E-state index contributed by atoms with van der Waals surface area (Å²) in [5.74, 6) is -0.305. The molecule has 3 aromatic rings. The van der Waals surface area contributed by atoms with E-state index in [1.165, 1.54) is 23.5 Å². The van der Waals surface area contributed by atoms with Crippen molar-refractivity contribution in [3.05, 3.63) is 54.3 Å². The van der Waals surface area contributed by atoms with Crippen molar-refractivity contribution in [2.45, 2.75) is 18.9 Å². The summed E-state index contributed by atoms with van der Waals surface area (Å²) in [4.78, 5) is 19.1. The van der Waals surface area contributed by atoms with Crippen molar-refractivity contribution >= 4 is 32.6 Å². The van der Waals surface area contributed by atoms with Crippen LogP contribution in [0.3, 0.4) is 0 Å². The lowest BCUT2D eigenvalue weighted by Gasteiger charge is -2.23. The van der Waals surface area contributed by atoms with Crippen LogP contribution in [0.5, 0.6) is 5.75 Å². The van der Waals surface area contributed by atoms with Crippen LogP contribution in [0.25, 0.3) is 10.2 Å². The van der Waals surface area contributed by atoms with E-state index in [0.29, 0.717) is 24.0 Å². The quantitative estimate of drug-likeness (QED) is 0.642. The first-order chi connectivity index (χ1) is 13.2. The fourth-order valence-corrected chi connectivity index (χ4v) is 4.03. The number of para-hydroxylation sites is 1. The second-order valence-electron chi connectivity index (χ2n) is 6.35. The van der Waals surface area contributed by atoms with Gasteiger partial charge in [0.2, 0.25) is 0 Å². The Morgan fingerprint density at radius 3 is 2.96 bits per heavy atom. The van der Waals surface area contributed by atoms with E-state index in [4.69, 9.17) is 9.47 Å². The molecule has 1 fully saturated rings. The minimum Gasteiger partial charge on any atom is -0.484 e. The number of rotatable bonds is 6. The molecule has 1 atom stereocenters. The Balaban J connectivity index is 1.53. The van der Waals surface area contributed by atoms with Crippen LogP contribution in [0.15, 0.2) is 48.5 Å². The molecule has 1 aliphatic rings. The van der Waals surface area contributed by atoms with Gasteiger partial charge in [-0.25, -0.2) is 9.37 Å². The van der Waals surface area contributed by atoms with Gasteiger partial charge >= 0.3 is 0 Å². The predicted molar refractivity (Wildman–Crippen MR) is 103 cm³/mol. The molecule has 1 saturated heterocycles. The summed E-state index contributed by atoms with van der Waals surface area (Å²) in [5.41, 5.74) is 0.855. The van der Waals surface area contributed by atoms with Crippen molar-refractivity contribution < 1.29 is 18.7 Å². The third-order valence-corrected chi connectivity index (χ3v) is 5.44. The van der Waals surface area contributed by atoms with E-state index in [1.54, 1.807) is 17.0 Å². The molecule has 1 aromatic heterocycles. The van der Waals surface area contributed by atoms with Gasteiger partial charge < -0.3 is 9.47 Å². The molecule has 1 unspecified atom stereocenters. The number of hydrogen-bond donors (Lipinski definition) is 0. The van der Waals surface area contributed by atoms with Crippen LogP contribution in [0, 0.1) is 5.82 Å². The lowest BCUT2D eigenvalue weighted by Crippen LogP contribution is -2.40. The zero-order valence-electron chi connectivity index (χ0n) is 14.6. The Morgan fingerprint density at radius 2 is 2.19 bits per heavy atom.